The fourth-order valence-electron chi connectivity index (χ4n) is 2.15. The highest BCUT2D eigenvalue weighted by Crippen LogP contribution is 2.42. The maximum absolute atomic E-state index is 11.2. The average molecular weight is 304 g/mol. The molecule has 3 rings (SSSR count). The SMILES string of the molecule is O=C(O)c1sc(Cc2ccc([N+](=O)[O-])cc2)nc1C1CC1. The normalized spacial score (nSPS) is 14.1. The van der Waals surface area contributed by atoms with Crippen LogP contribution in [0.3, 0.4) is 0 Å². The quantitative estimate of drug-likeness (QED) is 0.676. The Morgan fingerprint density at radius 2 is 2.05 bits per heavy atom. The van der Waals surface area contributed by atoms with Gasteiger partial charge >= 0.3 is 5.97 Å². The van der Waals surface area contributed by atoms with Crippen molar-refractivity contribution in [3.63, 3.8) is 0 Å². The number of nitro groups is 1. The summed E-state index contributed by atoms with van der Waals surface area (Å²) in [5.74, 6) is -0.637. The summed E-state index contributed by atoms with van der Waals surface area (Å²) in [6.45, 7) is 0. The van der Waals surface area contributed by atoms with E-state index in [0.29, 0.717) is 17.0 Å². The molecule has 0 bridgehead atoms. The molecular weight excluding hydrogens is 292 g/mol. The lowest BCUT2D eigenvalue weighted by Gasteiger charge is -1.97. The second-order valence-corrected chi connectivity index (χ2v) is 6.09. The number of aromatic carboxylic acids is 1. The number of nitrogens with zero attached hydrogens (tertiary/aromatic N) is 2. The first-order chi connectivity index (χ1) is 10.0. The van der Waals surface area contributed by atoms with Crippen LogP contribution in [0.15, 0.2) is 24.3 Å². The standard InChI is InChI=1S/C14H12N2O4S/c17-14(18)13-12(9-3-4-9)15-11(21-13)7-8-1-5-10(6-2-8)16(19)20/h1-2,5-6,9H,3-4,7H2,(H,17,18). The van der Waals surface area contributed by atoms with Gasteiger partial charge in [-0.15, -0.1) is 11.3 Å². The molecule has 7 heteroatoms. The molecule has 1 aliphatic carbocycles. The topological polar surface area (TPSA) is 93.3 Å². The fraction of sp³-hybridized carbons (Fsp3) is 0.286. The molecule has 0 spiro atoms. The molecule has 6 nitrogen and oxygen atoms in total. The highest BCUT2D eigenvalue weighted by molar-refractivity contribution is 7.13. The minimum atomic E-state index is -0.927. The van der Waals surface area contributed by atoms with Crippen molar-refractivity contribution in [2.24, 2.45) is 0 Å². The van der Waals surface area contributed by atoms with E-state index in [2.05, 4.69) is 4.98 Å². The number of rotatable bonds is 5. The van der Waals surface area contributed by atoms with Gasteiger partial charge in [-0.25, -0.2) is 9.78 Å². The number of thiazole rings is 1. The summed E-state index contributed by atoms with van der Waals surface area (Å²) >= 11 is 1.20. The van der Waals surface area contributed by atoms with E-state index in [1.807, 2.05) is 0 Å². The van der Waals surface area contributed by atoms with Crippen molar-refractivity contribution >= 4 is 23.0 Å². The predicted molar refractivity (Wildman–Crippen MR) is 77.0 cm³/mol. The van der Waals surface area contributed by atoms with Crippen LogP contribution in [0.1, 0.15) is 44.7 Å². The number of hydrogen-bond acceptors (Lipinski definition) is 5. The Morgan fingerprint density at radius 3 is 2.57 bits per heavy atom. The monoisotopic (exact) mass is 304 g/mol. The molecule has 0 unspecified atom stereocenters. The van der Waals surface area contributed by atoms with Crippen molar-refractivity contribution in [2.75, 3.05) is 0 Å². The highest BCUT2D eigenvalue weighted by atomic mass is 32.1. The lowest BCUT2D eigenvalue weighted by atomic mass is 10.1. The van der Waals surface area contributed by atoms with Crippen LogP contribution in [0, 0.1) is 10.1 Å². The Bertz CT molecular complexity index is 704. The van der Waals surface area contributed by atoms with E-state index in [-0.39, 0.29) is 11.6 Å². The molecule has 0 radical (unpaired) electrons. The Morgan fingerprint density at radius 1 is 1.38 bits per heavy atom. The van der Waals surface area contributed by atoms with Crippen molar-refractivity contribution in [3.05, 3.63) is 55.5 Å². The van der Waals surface area contributed by atoms with Gasteiger partial charge < -0.3 is 5.11 Å². The van der Waals surface area contributed by atoms with Crippen LogP contribution < -0.4 is 0 Å². The number of hydrogen-bond donors (Lipinski definition) is 1. The first-order valence-electron chi connectivity index (χ1n) is 6.51. The van der Waals surface area contributed by atoms with Crippen molar-refractivity contribution in [2.45, 2.75) is 25.2 Å². The number of carbonyl (C=O) groups is 1. The third kappa shape index (κ3) is 2.92. The van der Waals surface area contributed by atoms with Crippen LogP contribution in [-0.2, 0) is 6.42 Å². The first kappa shape index (κ1) is 13.7. The third-order valence-corrected chi connectivity index (χ3v) is 4.42. The predicted octanol–water partition coefficient (Wildman–Crippen LogP) is 3.22. The highest BCUT2D eigenvalue weighted by Gasteiger charge is 2.31. The molecule has 108 valence electrons. The largest absolute Gasteiger partial charge is 0.477 e. The molecule has 1 N–H and O–H groups in total. The van der Waals surface area contributed by atoms with Crippen LogP contribution >= 0.6 is 11.3 Å². The fourth-order valence-corrected chi connectivity index (χ4v) is 3.17. The van der Waals surface area contributed by atoms with Gasteiger partial charge in [-0.1, -0.05) is 12.1 Å². The van der Waals surface area contributed by atoms with Gasteiger partial charge in [-0.3, -0.25) is 10.1 Å². The van der Waals surface area contributed by atoms with E-state index >= 15 is 0 Å². The lowest BCUT2D eigenvalue weighted by Crippen LogP contribution is -1.97. The van der Waals surface area contributed by atoms with E-state index in [0.717, 1.165) is 23.4 Å². The summed E-state index contributed by atoms with van der Waals surface area (Å²) in [5.41, 5.74) is 1.63. The Hall–Kier alpha value is -2.28. The van der Waals surface area contributed by atoms with Crippen molar-refractivity contribution in [1.29, 1.82) is 0 Å². The molecule has 1 fully saturated rings. The van der Waals surface area contributed by atoms with Crippen LogP contribution in [0.4, 0.5) is 5.69 Å². The van der Waals surface area contributed by atoms with E-state index in [1.165, 1.54) is 23.5 Å². The van der Waals surface area contributed by atoms with Crippen LogP contribution in [-0.4, -0.2) is 21.0 Å². The van der Waals surface area contributed by atoms with Crippen molar-refractivity contribution in [3.8, 4) is 0 Å². The molecule has 0 amide bonds. The van der Waals surface area contributed by atoms with Gasteiger partial charge in [0.05, 0.1) is 15.6 Å². The number of benzene rings is 1. The van der Waals surface area contributed by atoms with Gasteiger partial charge in [0.1, 0.15) is 4.88 Å². The smallest absolute Gasteiger partial charge is 0.347 e. The lowest BCUT2D eigenvalue weighted by molar-refractivity contribution is -0.384. The maximum Gasteiger partial charge on any atom is 0.347 e. The zero-order valence-corrected chi connectivity index (χ0v) is 11.8. The first-order valence-corrected chi connectivity index (χ1v) is 7.32. The molecule has 2 aromatic rings. The molecule has 21 heavy (non-hydrogen) atoms. The molecule has 1 heterocycles. The zero-order chi connectivity index (χ0) is 15.0. The van der Waals surface area contributed by atoms with Gasteiger partial charge in [0.15, 0.2) is 0 Å². The zero-order valence-electron chi connectivity index (χ0n) is 11.0. The molecule has 1 saturated carbocycles. The van der Waals surface area contributed by atoms with E-state index in [4.69, 9.17) is 0 Å². The van der Waals surface area contributed by atoms with Crippen LogP contribution in [0.5, 0.6) is 0 Å². The van der Waals surface area contributed by atoms with E-state index in [1.54, 1.807) is 12.1 Å². The summed E-state index contributed by atoms with van der Waals surface area (Å²) in [4.78, 5) is 26.2. The van der Waals surface area contributed by atoms with Gasteiger partial charge in [-0.05, 0) is 18.4 Å². The number of carboxylic acid groups (broad SMARTS) is 1. The third-order valence-electron chi connectivity index (χ3n) is 3.36. The van der Waals surface area contributed by atoms with Gasteiger partial charge in [0, 0.05) is 24.5 Å². The number of carboxylic acids is 1. The summed E-state index contributed by atoms with van der Waals surface area (Å²) in [7, 11) is 0. The van der Waals surface area contributed by atoms with Gasteiger partial charge in [-0.2, -0.15) is 0 Å². The van der Waals surface area contributed by atoms with Gasteiger partial charge in [0.2, 0.25) is 0 Å². The second kappa shape index (κ2) is 5.25. The summed E-state index contributed by atoms with van der Waals surface area (Å²) in [6, 6.07) is 6.25. The minimum absolute atomic E-state index is 0.0442. The minimum Gasteiger partial charge on any atom is -0.477 e. The Balaban J connectivity index is 1.82. The molecular formula is C14H12N2O4S. The second-order valence-electron chi connectivity index (χ2n) is 5.00. The number of nitro benzene ring substituents is 1. The van der Waals surface area contributed by atoms with E-state index in [9.17, 15) is 20.0 Å². The molecule has 0 aliphatic heterocycles. The number of non-ortho nitro benzene ring substituents is 1. The Labute approximate surface area is 124 Å². The maximum atomic E-state index is 11.2. The van der Waals surface area contributed by atoms with E-state index < -0.39 is 10.9 Å². The van der Waals surface area contributed by atoms with Crippen LogP contribution in [0.25, 0.3) is 0 Å². The Kier molecular flexibility index (Phi) is 3.42. The summed E-state index contributed by atoms with van der Waals surface area (Å²) in [6.07, 6.45) is 2.50. The summed E-state index contributed by atoms with van der Waals surface area (Å²) in [5, 5.41) is 20.6. The molecule has 1 aromatic heterocycles. The van der Waals surface area contributed by atoms with Crippen LogP contribution in [0.2, 0.25) is 0 Å². The molecule has 1 aliphatic rings. The molecule has 0 atom stereocenters. The average Bonchev–Trinajstić information content (AvgIpc) is 3.20. The number of aromatic nitrogens is 1. The van der Waals surface area contributed by atoms with Crippen molar-refractivity contribution < 1.29 is 14.8 Å². The molecule has 0 saturated heterocycles. The summed E-state index contributed by atoms with van der Waals surface area (Å²) < 4.78 is 0. The molecule has 1 aromatic carbocycles. The van der Waals surface area contributed by atoms with Crippen molar-refractivity contribution in [1.82, 2.24) is 4.98 Å². The van der Waals surface area contributed by atoms with Gasteiger partial charge in [0.25, 0.3) is 5.69 Å².